The Morgan fingerprint density at radius 2 is 1.64 bits per heavy atom. The van der Waals surface area contributed by atoms with Gasteiger partial charge in [0.05, 0.1) is 0 Å². The van der Waals surface area contributed by atoms with Crippen LogP contribution in [0.15, 0.2) is 30.3 Å². The van der Waals surface area contributed by atoms with Gasteiger partial charge in [0, 0.05) is 5.54 Å². The van der Waals surface area contributed by atoms with Gasteiger partial charge in [0.15, 0.2) is 0 Å². The van der Waals surface area contributed by atoms with Crippen LogP contribution >= 0.6 is 0 Å². The molecular formula is C21H35N. The fourth-order valence-electron chi connectivity index (χ4n) is 4.92. The summed E-state index contributed by atoms with van der Waals surface area (Å²) < 4.78 is 0. The Balaban J connectivity index is 2.18. The minimum absolute atomic E-state index is 0.244. The maximum Gasteiger partial charge on any atom is 0.0455 e. The van der Waals surface area contributed by atoms with Gasteiger partial charge < -0.3 is 0 Å². The van der Waals surface area contributed by atoms with Gasteiger partial charge in [-0.25, -0.2) is 0 Å². The molecule has 1 heteroatoms. The van der Waals surface area contributed by atoms with Crippen molar-refractivity contribution in [3.8, 4) is 0 Å². The highest BCUT2D eigenvalue weighted by Crippen LogP contribution is 2.48. The molecular weight excluding hydrogens is 266 g/mol. The van der Waals surface area contributed by atoms with Crippen molar-refractivity contribution < 1.29 is 0 Å². The zero-order valence-electron chi connectivity index (χ0n) is 15.5. The van der Waals surface area contributed by atoms with Crippen LogP contribution in [0.4, 0.5) is 0 Å². The molecule has 0 heterocycles. The van der Waals surface area contributed by atoms with Gasteiger partial charge in [-0.1, -0.05) is 64.4 Å². The first-order valence-corrected chi connectivity index (χ1v) is 9.04. The Bertz CT molecular complexity index is 447. The van der Waals surface area contributed by atoms with Gasteiger partial charge in [-0.3, -0.25) is 4.90 Å². The SMILES string of the molecule is CCC(C1CCC(c2ccccc2)(N(C)C)CC1)C(C)(C)C. The topological polar surface area (TPSA) is 3.24 Å². The molecule has 0 radical (unpaired) electrons. The lowest BCUT2D eigenvalue weighted by Crippen LogP contribution is -2.46. The summed E-state index contributed by atoms with van der Waals surface area (Å²) in [4.78, 5) is 2.47. The summed E-state index contributed by atoms with van der Waals surface area (Å²) in [6, 6.07) is 11.2. The van der Waals surface area contributed by atoms with Crippen LogP contribution in [0, 0.1) is 17.3 Å². The largest absolute Gasteiger partial charge is 0.300 e. The van der Waals surface area contributed by atoms with Gasteiger partial charge in [0.2, 0.25) is 0 Å². The highest BCUT2D eigenvalue weighted by molar-refractivity contribution is 5.25. The van der Waals surface area contributed by atoms with E-state index in [0.29, 0.717) is 5.41 Å². The van der Waals surface area contributed by atoms with Crippen LogP contribution in [0.5, 0.6) is 0 Å². The molecule has 0 aromatic heterocycles. The van der Waals surface area contributed by atoms with Crippen LogP contribution in [0.1, 0.15) is 65.4 Å². The average molecular weight is 302 g/mol. The van der Waals surface area contributed by atoms with Crippen molar-refractivity contribution in [2.75, 3.05) is 14.1 Å². The maximum absolute atomic E-state index is 2.47. The van der Waals surface area contributed by atoms with E-state index in [2.05, 4.69) is 77.0 Å². The molecule has 124 valence electrons. The lowest BCUT2D eigenvalue weighted by atomic mass is 9.63. The Kier molecular flexibility index (Phi) is 5.37. The minimum atomic E-state index is 0.244. The van der Waals surface area contributed by atoms with Crippen molar-refractivity contribution in [2.45, 2.75) is 65.3 Å². The summed E-state index contributed by atoms with van der Waals surface area (Å²) >= 11 is 0. The highest BCUT2D eigenvalue weighted by atomic mass is 15.1. The third-order valence-electron chi connectivity index (χ3n) is 6.15. The Morgan fingerprint density at radius 1 is 1.09 bits per heavy atom. The zero-order chi connectivity index (χ0) is 16.4. The molecule has 0 saturated heterocycles. The first kappa shape index (κ1) is 17.5. The second-order valence-corrected chi connectivity index (χ2v) is 8.51. The standard InChI is InChI=1S/C21H35N/c1-7-19(20(2,3)4)17-13-15-21(16-14-17,22(5)6)18-11-9-8-10-12-18/h8-12,17,19H,7,13-16H2,1-6H3. The number of nitrogens with zero attached hydrogens (tertiary/aromatic N) is 1. The van der Waals surface area contributed by atoms with Crippen molar-refractivity contribution in [1.29, 1.82) is 0 Å². The molecule has 1 fully saturated rings. The van der Waals surface area contributed by atoms with E-state index in [-0.39, 0.29) is 5.54 Å². The zero-order valence-corrected chi connectivity index (χ0v) is 15.5. The normalized spacial score (nSPS) is 27.9. The van der Waals surface area contributed by atoms with Crippen molar-refractivity contribution >= 4 is 0 Å². The van der Waals surface area contributed by atoms with E-state index in [4.69, 9.17) is 0 Å². The van der Waals surface area contributed by atoms with Crippen molar-refractivity contribution in [3.63, 3.8) is 0 Å². The molecule has 0 spiro atoms. The van der Waals surface area contributed by atoms with Crippen LogP contribution in [-0.4, -0.2) is 19.0 Å². The predicted molar refractivity (Wildman–Crippen MR) is 97.0 cm³/mol. The fraction of sp³-hybridized carbons (Fsp3) is 0.714. The molecule has 1 unspecified atom stereocenters. The quantitative estimate of drug-likeness (QED) is 0.689. The number of hydrogen-bond donors (Lipinski definition) is 0. The van der Waals surface area contributed by atoms with Crippen LogP contribution in [-0.2, 0) is 5.54 Å². The molecule has 0 amide bonds. The third-order valence-corrected chi connectivity index (χ3v) is 6.15. The van der Waals surface area contributed by atoms with Gasteiger partial charge in [-0.2, -0.15) is 0 Å². The van der Waals surface area contributed by atoms with Crippen molar-refractivity contribution in [1.82, 2.24) is 4.90 Å². The number of hydrogen-bond acceptors (Lipinski definition) is 1. The molecule has 0 aliphatic heterocycles. The van der Waals surface area contributed by atoms with E-state index in [1.807, 2.05) is 0 Å². The summed E-state index contributed by atoms with van der Waals surface area (Å²) in [5, 5.41) is 0. The van der Waals surface area contributed by atoms with Gasteiger partial charge in [0.25, 0.3) is 0 Å². The van der Waals surface area contributed by atoms with Crippen LogP contribution < -0.4 is 0 Å². The van der Waals surface area contributed by atoms with Crippen LogP contribution in [0.25, 0.3) is 0 Å². The Labute approximate surface area is 138 Å². The minimum Gasteiger partial charge on any atom is -0.300 e. The second-order valence-electron chi connectivity index (χ2n) is 8.51. The van der Waals surface area contributed by atoms with E-state index in [1.165, 1.54) is 37.7 Å². The summed E-state index contributed by atoms with van der Waals surface area (Å²) in [6.45, 7) is 9.64. The van der Waals surface area contributed by atoms with E-state index in [1.54, 1.807) is 0 Å². The number of rotatable bonds is 4. The first-order valence-electron chi connectivity index (χ1n) is 9.04. The molecule has 0 N–H and O–H groups in total. The molecule has 22 heavy (non-hydrogen) atoms. The summed E-state index contributed by atoms with van der Waals surface area (Å²) in [5.74, 6) is 1.74. The van der Waals surface area contributed by atoms with Gasteiger partial charge in [0.1, 0.15) is 0 Å². The molecule has 0 bridgehead atoms. The molecule has 1 aromatic carbocycles. The van der Waals surface area contributed by atoms with E-state index in [0.717, 1.165) is 11.8 Å². The maximum atomic E-state index is 2.47. The van der Waals surface area contributed by atoms with Gasteiger partial charge in [-0.15, -0.1) is 0 Å². The van der Waals surface area contributed by atoms with Crippen LogP contribution in [0.2, 0.25) is 0 Å². The fourth-order valence-corrected chi connectivity index (χ4v) is 4.92. The smallest absolute Gasteiger partial charge is 0.0455 e. The van der Waals surface area contributed by atoms with Gasteiger partial charge >= 0.3 is 0 Å². The average Bonchev–Trinajstić information content (AvgIpc) is 2.48. The van der Waals surface area contributed by atoms with Gasteiger partial charge in [-0.05, 0) is 62.6 Å². The van der Waals surface area contributed by atoms with E-state index < -0.39 is 0 Å². The van der Waals surface area contributed by atoms with Crippen molar-refractivity contribution in [3.05, 3.63) is 35.9 Å². The Hall–Kier alpha value is -0.820. The molecule has 1 atom stereocenters. The molecule has 1 nitrogen and oxygen atoms in total. The predicted octanol–water partition coefficient (Wildman–Crippen LogP) is 5.71. The Morgan fingerprint density at radius 3 is 2.05 bits per heavy atom. The third kappa shape index (κ3) is 3.40. The second kappa shape index (κ2) is 6.74. The molecule has 1 aromatic rings. The number of benzene rings is 1. The summed E-state index contributed by atoms with van der Waals surface area (Å²) in [7, 11) is 4.52. The van der Waals surface area contributed by atoms with Crippen LogP contribution in [0.3, 0.4) is 0 Å². The molecule has 2 rings (SSSR count). The molecule has 1 aliphatic rings. The molecule has 1 saturated carbocycles. The summed E-state index contributed by atoms with van der Waals surface area (Å²) in [6.07, 6.45) is 6.63. The highest BCUT2D eigenvalue weighted by Gasteiger charge is 2.42. The monoisotopic (exact) mass is 301 g/mol. The van der Waals surface area contributed by atoms with E-state index >= 15 is 0 Å². The van der Waals surface area contributed by atoms with Crippen molar-refractivity contribution in [2.24, 2.45) is 17.3 Å². The first-order chi connectivity index (χ1) is 10.3. The lowest BCUT2D eigenvalue weighted by molar-refractivity contribution is 0.0351. The summed E-state index contributed by atoms with van der Waals surface area (Å²) in [5.41, 5.74) is 2.18. The van der Waals surface area contributed by atoms with E-state index in [9.17, 15) is 0 Å². The lowest BCUT2D eigenvalue weighted by Gasteiger charge is -2.48. The molecule has 1 aliphatic carbocycles.